The second-order valence-corrected chi connectivity index (χ2v) is 5.58. The van der Waals surface area contributed by atoms with Crippen LogP contribution < -0.4 is 5.32 Å². The summed E-state index contributed by atoms with van der Waals surface area (Å²) in [5.74, 6) is 1.89. The second-order valence-electron chi connectivity index (χ2n) is 4.29. The minimum Gasteiger partial charge on any atom is -0.465 e. The summed E-state index contributed by atoms with van der Waals surface area (Å²) in [5, 5.41) is 4.16. The number of hydrogen-bond acceptors (Lipinski definition) is 2. The minimum absolute atomic E-state index is 0.182. The first-order valence-corrected chi connectivity index (χ1v) is 6.97. The zero-order valence-corrected chi connectivity index (χ0v) is 12.7. The molecule has 2 aromatic rings. The van der Waals surface area contributed by atoms with E-state index < -0.39 is 0 Å². The molecule has 0 spiro atoms. The van der Waals surface area contributed by atoms with Crippen LogP contribution in [0.1, 0.15) is 30.0 Å². The zero-order valence-electron chi connectivity index (χ0n) is 10.3. The van der Waals surface area contributed by atoms with E-state index in [4.69, 9.17) is 16.0 Å². The topological polar surface area (TPSA) is 25.2 Å². The van der Waals surface area contributed by atoms with E-state index in [1.807, 2.05) is 37.3 Å². The third-order valence-corrected chi connectivity index (χ3v) is 3.78. The average Bonchev–Trinajstić information content (AvgIpc) is 2.74. The Morgan fingerprint density at radius 1 is 1.33 bits per heavy atom. The van der Waals surface area contributed by atoms with Crippen LogP contribution in [0.4, 0.5) is 0 Å². The number of halogens is 2. The van der Waals surface area contributed by atoms with Crippen LogP contribution in [0.25, 0.3) is 0 Å². The highest BCUT2D eigenvalue weighted by molar-refractivity contribution is 9.10. The van der Waals surface area contributed by atoms with Gasteiger partial charge in [0.25, 0.3) is 0 Å². The average molecular weight is 329 g/mol. The summed E-state index contributed by atoms with van der Waals surface area (Å²) in [7, 11) is 0. The Balaban J connectivity index is 1.99. The van der Waals surface area contributed by atoms with Crippen molar-refractivity contribution < 1.29 is 4.42 Å². The Hall–Kier alpha value is -0.770. The smallest absolute Gasteiger partial charge is 0.120 e. The molecule has 1 unspecified atom stereocenters. The van der Waals surface area contributed by atoms with Crippen LogP contribution in [-0.4, -0.2) is 0 Å². The Kier molecular flexibility index (Phi) is 4.49. The van der Waals surface area contributed by atoms with Crippen LogP contribution in [0.15, 0.2) is 39.2 Å². The van der Waals surface area contributed by atoms with Gasteiger partial charge in [0.1, 0.15) is 11.5 Å². The van der Waals surface area contributed by atoms with Crippen molar-refractivity contribution in [2.75, 3.05) is 0 Å². The van der Waals surface area contributed by atoms with Crippen LogP contribution in [0, 0.1) is 6.92 Å². The van der Waals surface area contributed by atoms with Crippen molar-refractivity contribution in [2.45, 2.75) is 26.4 Å². The molecule has 0 saturated carbocycles. The lowest BCUT2D eigenvalue weighted by molar-refractivity contribution is 0.415. The Labute approximate surface area is 120 Å². The fourth-order valence-electron chi connectivity index (χ4n) is 1.71. The summed E-state index contributed by atoms with van der Waals surface area (Å²) in [4.78, 5) is 0. The Morgan fingerprint density at radius 2 is 2.11 bits per heavy atom. The van der Waals surface area contributed by atoms with Crippen molar-refractivity contribution in [3.05, 3.63) is 56.9 Å². The van der Waals surface area contributed by atoms with Gasteiger partial charge in [0.05, 0.1) is 6.04 Å². The SMILES string of the molecule is Cc1ccc(C(C)NCc2ccc(Cl)cc2Br)o1. The molecule has 18 heavy (non-hydrogen) atoms. The summed E-state index contributed by atoms with van der Waals surface area (Å²) in [6, 6.07) is 9.97. The number of furan rings is 1. The van der Waals surface area contributed by atoms with Crippen molar-refractivity contribution in [3.8, 4) is 0 Å². The van der Waals surface area contributed by atoms with E-state index in [1.165, 1.54) is 5.56 Å². The normalized spacial score (nSPS) is 12.7. The van der Waals surface area contributed by atoms with Crippen LogP contribution in [0.5, 0.6) is 0 Å². The van der Waals surface area contributed by atoms with E-state index in [9.17, 15) is 0 Å². The van der Waals surface area contributed by atoms with Crippen molar-refractivity contribution >= 4 is 27.5 Å². The molecular weight excluding hydrogens is 314 g/mol. The lowest BCUT2D eigenvalue weighted by atomic mass is 10.2. The van der Waals surface area contributed by atoms with E-state index in [-0.39, 0.29) is 6.04 Å². The summed E-state index contributed by atoms with van der Waals surface area (Å²) in [6.07, 6.45) is 0. The molecule has 2 nitrogen and oxygen atoms in total. The van der Waals surface area contributed by atoms with E-state index in [0.29, 0.717) is 0 Å². The maximum atomic E-state index is 5.91. The van der Waals surface area contributed by atoms with Gasteiger partial charge >= 0.3 is 0 Å². The third-order valence-electron chi connectivity index (χ3n) is 2.80. The summed E-state index contributed by atoms with van der Waals surface area (Å²) in [6.45, 7) is 4.80. The van der Waals surface area contributed by atoms with Gasteiger partial charge in [-0.3, -0.25) is 0 Å². The molecule has 0 amide bonds. The maximum Gasteiger partial charge on any atom is 0.120 e. The second kappa shape index (κ2) is 5.91. The van der Waals surface area contributed by atoms with E-state index >= 15 is 0 Å². The highest BCUT2D eigenvalue weighted by Crippen LogP contribution is 2.22. The fraction of sp³-hybridized carbons (Fsp3) is 0.286. The van der Waals surface area contributed by atoms with Crippen LogP contribution >= 0.6 is 27.5 Å². The van der Waals surface area contributed by atoms with Crippen LogP contribution in [-0.2, 0) is 6.54 Å². The molecule has 0 aliphatic heterocycles. The molecule has 1 aromatic carbocycles. The Morgan fingerprint density at radius 3 is 2.72 bits per heavy atom. The number of hydrogen-bond donors (Lipinski definition) is 1. The molecule has 0 radical (unpaired) electrons. The molecule has 0 aliphatic rings. The molecule has 2 rings (SSSR count). The van der Waals surface area contributed by atoms with Crippen LogP contribution in [0.3, 0.4) is 0 Å². The van der Waals surface area contributed by atoms with Crippen molar-refractivity contribution in [2.24, 2.45) is 0 Å². The molecule has 1 heterocycles. The lowest BCUT2D eigenvalue weighted by Gasteiger charge is -2.12. The van der Waals surface area contributed by atoms with Crippen molar-refractivity contribution in [1.29, 1.82) is 0 Å². The molecule has 0 bridgehead atoms. The highest BCUT2D eigenvalue weighted by Gasteiger charge is 2.09. The van der Waals surface area contributed by atoms with Gasteiger partial charge in [-0.1, -0.05) is 33.6 Å². The maximum absolute atomic E-state index is 5.91. The molecule has 0 saturated heterocycles. The summed E-state index contributed by atoms with van der Waals surface area (Å²) < 4.78 is 6.61. The molecule has 1 N–H and O–H groups in total. The number of aryl methyl sites for hydroxylation is 1. The summed E-state index contributed by atoms with van der Waals surface area (Å²) >= 11 is 9.42. The first kappa shape index (κ1) is 13.7. The van der Waals surface area contributed by atoms with E-state index in [2.05, 4.69) is 28.2 Å². The molecular formula is C14H15BrClNO. The van der Waals surface area contributed by atoms with E-state index in [0.717, 1.165) is 27.6 Å². The largest absolute Gasteiger partial charge is 0.465 e. The van der Waals surface area contributed by atoms with Gasteiger partial charge in [0.15, 0.2) is 0 Å². The van der Waals surface area contributed by atoms with Crippen molar-refractivity contribution in [1.82, 2.24) is 5.32 Å². The van der Waals surface area contributed by atoms with Gasteiger partial charge in [-0.05, 0) is 43.7 Å². The number of nitrogens with one attached hydrogen (secondary N) is 1. The van der Waals surface area contributed by atoms with Gasteiger partial charge in [-0.25, -0.2) is 0 Å². The molecule has 0 aliphatic carbocycles. The van der Waals surface area contributed by atoms with Gasteiger partial charge in [-0.2, -0.15) is 0 Å². The lowest BCUT2D eigenvalue weighted by Crippen LogP contribution is -2.17. The van der Waals surface area contributed by atoms with Gasteiger partial charge < -0.3 is 9.73 Å². The first-order chi connectivity index (χ1) is 8.56. The number of benzene rings is 1. The zero-order chi connectivity index (χ0) is 13.1. The van der Waals surface area contributed by atoms with Gasteiger partial charge in [0, 0.05) is 16.0 Å². The predicted octanol–water partition coefficient (Wildman–Crippen LogP) is 4.85. The first-order valence-electron chi connectivity index (χ1n) is 5.80. The van der Waals surface area contributed by atoms with Gasteiger partial charge in [0.2, 0.25) is 0 Å². The monoisotopic (exact) mass is 327 g/mol. The predicted molar refractivity (Wildman–Crippen MR) is 77.9 cm³/mol. The molecule has 4 heteroatoms. The highest BCUT2D eigenvalue weighted by atomic mass is 79.9. The molecule has 1 aromatic heterocycles. The molecule has 96 valence electrons. The van der Waals surface area contributed by atoms with Crippen LogP contribution in [0.2, 0.25) is 5.02 Å². The quantitative estimate of drug-likeness (QED) is 0.867. The molecule has 1 atom stereocenters. The molecule has 0 fully saturated rings. The minimum atomic E-state index is 0.182. The fourth-order valence-corrected chi connectivity index (χ4v) is 2.54. The Bertz CT molecular complexity index is 538. The number of rotatable bonds is 4. The van der Waals surface area contributed by atoms with Gasteiger partial charge in [-0.15, -0.1) is 0 Å². The standard InChI is InChI=1S/C14H15BrClNO/c1-9-3-6-14(18-9)10(2)17-8-11-4-5-12(16)7-13(11)15/h3-7,10,17H,8H2,1-2H3. The summed E-state index contributed by atoms with van der Waals surface area (Å²) in [5.41, 5.74) is 1.18. The van der Waals surface area contributed by atoms with Crippen molar-refractivity contribution in [3.63, 3.8) is 0 Å². The van der Waals surface area contributed by atoms with E-state index in [1.54, 1.807) is 0 Å². The third kappa shape index (κ3) is 3.37.